The quantitative estimate of drug-likeness (QED) is 0.367. The fraction of sp³-hybridized carbons (Fsp3) is 0.360. The lowest BCUT2D eigenvalue weighted by Crippen LogP contribution is -2.37. The number of rotatable bonds is 6. The van der Waals surface area contributed by atoms with Crippen molar-refractivity contribution in [3.63, 3.8) is 0 Å². The van der Waals surface area contributed by atoms with Crippen molar-refractivity contribution in [3.05, 3.63) is 70.3 Å². The first-order valence-corrected chi connectivity index (χ1v) is 11.2. The van der Waals surface area contributed by atoms with Crippen LogP contribution in [0.3, 0.4) is 0 Å². The number of likely N-dealkylation sites (tertiary alicyclic amines) is 1. The van der Waals surface area contributed by atoms with E-state index in [2.05, 4.69) is 0 Å². The number of halogens is 1. The first kappa shape index (κ1) is 21.4. The third-order valence-electron chi connectivity index (χ3n) is 5.96. The normalized spacial score (nSPS) is 21.1. The highest BCUT2D eigenvalue weighted by Gasteiger charge is 2.49. The van der Waals surface area contributed by atoms with Crippen LogP contribution in [0.4, 0.5) is 0 Å². The van der Waals surface area contributed by atoms with Crippen LogP contribution in [0.15, 0.2) is 54.1 Å². The smallest absolute Gasteiger partial charge is 0.295 e. The van der Waals surface area contributed by atoms with Gasteiger partial charge >= 0.3 is 0 Å². The Morgan fingerprint density at radius 1 is 1.13 bits per heavy atom. The molecule has 1 saturated carbocycles. The number of nitrogens with zero attached hydrogens (tertiary/aromatic N) is 1. The highest BCUT2D eigenvalue weighted by Crippen LogP contribution is 2.43. The van der Waals surface area contributed by atoms with Crippen molar-refractivity contribution < 1.29 is 19.4 Å². The number of hydrogen-bond acceptors (Lipinski definition) is 4. The van der Waals surface area contributed by atoms with Gasteiger partial charge in [-0.25, -0.2) is 0 Å². The molecule has 1 aliphatic carbocycles. The number of carbonyl (C=O) groups is 2. The minimum absolute atomic E-state index is 0.0124. The van der Waals surface area contributed by atoms with Gasteiger partial charge in [-0.3, -0.25) is 9.59 Å². The van der Waals surface area contributed by atoms with E-state index in [0.717, 1.165) is 37.7 Å². The Bertz CT molecular complexity index is 1010. The number of Topliss-reactive ketones (excluding diaryl/α,β-unsaturated/α-hetero) is 1. The summed E-state index contributed by atoms with van der Waals surface area (Å²) in [5.74, 6) is -0.768. The second-order valence-corrected chi connectivity index (χ2v) is 8.51. The molecule has 6 heteroatoms. The largest absolute Gasteiger partial charge is 0.507 e. The molecule has 0 spiro atoms. The zero-order chi connectivity index (χ0) is 22.0. The number of ether oxygens (including phenoxy) is 1. The average Bonchev–Trinajstić information content (AvgIpc) is 3.39. The van der Waals surface area contributed by atoms with E-state index in [0.29, 0.717) is 22.9 Å². The molecule has 0 aromatic heterocycles. The summed E-state index contributed by atoms with van der Waals surface area (Å²) in [4.78, 5) is 27.9. The Balaban J connectivity index is 1.82. The molecule has 31 heavy (non-hydrogen) atoms. The van der Waals surface area contributed by atoms with E-state index in [-0.39, 0.29) is 17.4 Å². The summed E-state index contributed by atoms with van der Waals surface area (Å²) in [5, 5.41) is 11.8. The summed E-state index contributed by atoms with van der Waals surface area (Å²) < 4.78 is 5.67. The summed E-state index contributed by atoms with van der Waals surface area (Å²) in [7, 11) is 0. The van der Waals surface area contributed by atoms with Crippen molar-refractivity contribution in [3.8, 4) is 5.75 Å². The van der Waals surface area contributed by atoms with Crippen LogP contribution in [0.5, 0.6) is 5.75 Å². The Hall–Kier alpha value is -2.79. The number of carbonyl (C=O) groups excluding carboxylic acids is 2. The number of hydrogen-bond donors (Lipinski definition) is 1. The molecule has 4 rings (SSSR count). The van der Waals surface area contributed by atoms with Gasteiger partial charge in [0.2, 0.25) is 0 Å². The molecular weight excluding hydrogens is 414 g/mol. The lowest BCUT2D eigenvalue weighted by atomic mass is 9.94. The zero-order valence-corrected chi connectivity index (χ0v) is 18.3. The van der Waals surface area contributed by atoms with Crippen molar-refractivity contribution in [2.24, 2.45) is 0 Å². The van der Waals surface area contributed by atoms with Gasteiger partial charge < -0.3 is 14.7 Å². The van der Waals surface area contributed by atoms with E-state index < -0.39 is 17.7 Å². The predicted octanol–water partition coefficient (Wildman–Crippen LogP) is 5.49. The van der Waals surface area contributed by atoms with E-state index in [1.807, 2.05) is 19.1 Å². The van der Waals surface area contributed by atoms with E-state index in [1.54, 1.807) is 41.3 Å². The van der Waals surface area contributed by atoms with E-state index >= 15 is 0 Å². The van der Waals surface area contributed by atoms with E-state index in [4.69, 9.17) is 16.3 Å². The van der Waals surface area contributed by atoms with Crippen LogP contribution in [0.2, 0.25) is 5.02 Å². The van der Waals surface area contributed by atoms with Crippen LogP contribution in [-0.4, -0.2) is 34.3 Å². The van der Waals surface area contributed by atoms with Crippen LogP contribution in [0.25, 0.3) is 5.76 Å². The predicted molar refractivity (Wildman–Crippen MR) is 120 cm³/mol. The second-order valence-electron chi connectivity index (χ2n) is 8.07. The van der Waals surface area contributed by atoms with Gasteiger partial charge in [0, 0.05) is 16.6 Å². The molecule has 1 aliphatic heterocycles. The fourth-order valence-corrected chi connectivity index (χ4v) is 4.62. The van der Waals surface area contributed by atoms with Crippen molar-refractivity contribution in [1.82, 2.24) is 4.90 Å². The molecule has 0 radical (unpaired) electrons. The first-order valence-electron chi connectivity index (χ1n) is 10.8. The molecule has 1 unspecified atom stereocenters. The number of benzene rings is 2. The fourth-order valence-electron chi connectivity index (χ4n) is 4.49. The van der Waals surface area contributed by atoms with Gasteiger partial charge in [0.05, 0.1) is 18.2 Å². The Morgan fingerprint density at radius 2 is 1.84 bits per heavy atom. The summed E-state index contributed by atoms with van der Waals surface area (Å²) in [6.45, 7) is 2.57. The maximum atomic E-state index is 13.1. The Morgan fingerprint density at radius 3 is 2.52 bits per heavy atom. The lowest BCUT2D eigenvalue weighted by Gasteiger charge is -2.30. The first-order chi connectivity index (χ1) is 15.0. The molecule has 1 saturated heterocycles. The molecule has 2 aromatic rings. The van der Waals surface area contributed by atoms with Crippen molar-refractivity contribution in [2.75, 3.05) is 6.61 Å². The van der Waals surface area contributed by atoms with Crippen molar-refractivity contribution >= 4 is 29.1 Å². The minimum atomic E-state index is -0.649. The average molecular weight is 440 g/mol. The van der Waals surface area contributed by atoms with Crippen LogP contribution in [0.1, 0.15) is 56.2 Å². The third kappa shape index (κ3) is 4.19. The maximum Gasteiger partial charge on any atom is 0.295 e. The van der Waals surface area contributed by atoms with Gasteiger partial charge in [-0.15, -0.1) is 0 Å². The second kappa shape index (κ2) is 9.15. The standard InChI is InChI=1S/C25H26ClNO4/c1-2-14-31-20-9-5-6-17(15-20)23(28)21-22(16-10-12-18(26)13-11-16)27(25(30)24(21)29)19-7-3-4-8-19/h5-6,9-13,15,19,22,28H,2-4,7-8,14H2,1H3/b23-21-. The maximum absolute atomic E-state index is 13.1. The molecule has 1 amide bonds. The van der Waals surface area contributed by atoms with Crippen LogP contribution < -0.4 is 4.74 Å². The molecule has 1 atom stereocenters. The number of ketones is 1. The molecular formula is C25H26ClNO4. The van der Waals surface area contributed by atoms with Crippen molar-refractivity contribution in [2.45, 2.75) is 51.1 Å². The van der Waals surface area contributed by atoms with Gasteiger partial charge in [0.15, 0.2) is 0 Å². The molecule has 162 valence electrons. The van der Waals surface area contributed by atoms with Gasteiger partial charge in [-0.1, -0.05) is 55.6 Å². The lowest BCUT2D eigenvalue weighted by molar-refractivity contribution is -0.141. The van der Waals surface area contributed by atoms with Gasteiger partial charge in [0.1, 0.15) is 11.5 Å². The number of aliphatic hydroxyl groups is 1. The van der Waals surface area contributed by atoms with Crippen LogP contribution >= 0.6 is 11.6 Å². The van der Waals surface area contributed by atoms with E-state index in [1.165, 1.54) is 0 Å². The van der Waals surface area contributed by atoms with Gasteiger partial charge in [0.25, 0.3) is 11.7 Å². The zero-order valence-electron chi connectivity index (χ0n) is 17.5. The number of amides is 1. The SMILES string of the molecule is CCCOc1cccc(/C(O)=C2/C(=O)C(=O)N(C3CCCC3)C2c2ccc(Cl)cc2)c1. The van der Waals surface area contributed by atoms with Gasteiger partial charge in [-0.2, -0.15) is 0 Å². The highest BCUT2D eigenvalue weighted by molar-refractivity contribution is 6.46. The molecule has 2 aromatic carbocycles. The molecule has 1 heterocycles. The van der Waals surface area contributed by atoms with Crippen LogP contribution in [-0.2, 0) is 9.59 Å². The van der Waals surface area contributed by atoms with Crippen molar-refractivity contribution in [1.29, 1.82) is 0 Å². The molecule has 0 bridgehead atoms. The minimum Gasteiger partial charge on any atom is -0.507 e. The monoisotopic (exact) mass is 439 g/mol. The molecule has 2 fully saturated rings. The topological polar surface area (TPSA) is 66.8 Å². The molecule has 1 N–H and O–H groups in total. The summed E-state index contributed by atoms with van der Waals surface area (Å²) in [5.41, 5.74) is 1.33. The Kier molecular flexibility index (Phi) is 6.33. The highest BCUT2D eigenvalue weighted by atomic mass is 35.5. The molecule has 5 nitrogen and oxygen atoms in total. The third-order valence-corrected chi connectivity index (χ3v) is 6.22. The molecule has 2 aliphatic rings. The summed E-state index contributed by atoms with van der Waals surface area (Å²) >= 11 is 6.07. The van der Waals surface area contributed by atoms with E-state index in [9.17, 15) is 14.7 Å². The summed E-state index contributed by atoms with van der Waals surface area (Å²) in [6.07, 6.45) is 4.63. The number of aliphatic hydroxyl groups excluding tert-OH is 1. The summed E-state index contributed by atoms with van der Waals surface area (Å²) in [6, 6.07) is 13.5. The van der Waals surface area contributed by atoms with Gasteiger partial charge in [-0.05, 0) is 49.1 Å². The Labute approximate surface area is 187 Å². The van der Waals surface area contributed by atoms with Crippen LogP contribution in [0, 0.1) is 0 Å².